The maximum atomic E-state index is 15.0. The van der Waals surface area contributed by atoms with Crippen LogP contribution in [0.25, 0.3) is 11.1 Å². The van der Waals surface area contributed by atoms with Crippen molar-refractivity contribution in [2.75, 3.05) is 43.5 Å². The zero-order valence-corrected chi connectivity index (χ0v) is 21.7. The minimum Gasteiger partial charge on any atom is -0.494 e. The molecule has 0 saturated carbocycles. The Morgan fingerprint density at radius 2 is 1.89 bits per heavy atom. The van der Waals surface area contributed by atoms with Gasteiger partial charge >= 0.3 is 0 Å². The topological polar surface area (TPSA) is 115 Å². The number of hydrogen-bond donors (Lipinski definition) is 2. The lowest BCUT2D eigenvalue weighted by Gasteiger charge is -2.30. The summed E-state index contributed by atoms with van der Waals surface area (Å²) < 4.78 is 28.1. The van der Waals surface area contributed by atoms with Crippen LogP contribution in [-0.4, -0.2) is 69.6 Å². The molecule has 3 heterocycles. The van der Waals surface area contributed by atoms with Crippen LogP contribution < -0.4 is 25.0 Å². The lowest BCUT2D eigenvalue weighted by atomic mass is 10.1. The zero-order chi connectivity index (χ0) is 26.5. The summed E-state index contributed by atoms with van der Waals surface area (Å²) in [7, 11) is 1.55. The van der Waals surface area contributed by atoms with Gasteiger partial charge in [0, 0.05) is 56.3 Å². The van der Waals surface area contributed by atoms with Gasteiger partial charge in [0.2, 0.25) is 5.95 Å². The van der Waals surface area contributed by atoms with E-state index in [0.29, 0.717) is 40.4 Å². The highest BCUT2D eigenvalue weighted by atomic mass is 35.5. The van der Waals surface area contributed by atoms with Gasteiger partial charge in [0.1, 0.15) is 29.7 Å². The van der Waals surface area contributed by atoms with Crippen molar-refractivity contribution in [2.45, 2.75) is 19.6 Å². The first-order valence-electron chi connectivity index (χ1n) is 12.1. The molecule has 0 aliphatic carbocycles. The molecule has 5 rings (SSSR count). The maximum absolute atomic E-state index is 15.0. The minimum atomic E-state index is -0.338. The lowest BCUT2D eigenvalue weighted by molar-refractivity contribution is 0.193. The molecule has 11 nitrogen and oxygen atoms in total. The van der Waals surface area contributed by atoms with E-state index in [1.165, 1.54) is 12.4 Å². The van der Waals surface area contributed by atoms with E-state index >= 15 is 0 Å². The predicted molar refractivity (Wildman–Crippen MR) is 142 cm³/mol. The van der Waals surface area contributed by atoms with Gasteiger partial charge in [0.05, 0.1) is 30.1 Å². The Labute approximate surface area is 223 Å². The van der Waals surface area contributed by atoms with E-state index in [1.807, 2.05) is 24.0 Å². The van der Waals surface area contributed by atoms with E-state index in [4.69, 9.17) is 21.1 Å². The fourth-order valence-electron chi connectivity index (χ4n) is 4.17. The second-order valence-corrected chi connectivity index (χ2v) is 9.17. The molecule has 0 unspecified atom stereocenters. The first-order valence-corrected chi connectivity index (χ1v) is 12.5. The second kappa shape index (κ2) is 11.6. The van der Waals surface area contributed by atoms with E-state index in [0.717, 1.165) is 37.3 Å². The molecular weight excluding hydrogens is 513 g/mol. The average Bonchev–Trinajstić information content (AvgIpc) is 3.44. The minimum absolute atomic E-state index is 0.220. The number of rotatable bonds is 9. The van der Waals surface area contributed by atoms with E-state index in [1.54, 1.807) is 36.3 Å². The number of ether oxygens (including phenoxy) is 2. The summed E-state index contributed by atoms with van der Waals surface area (Å²) in [5, 5.41) is 17.9. The van der Waals surface area contributed by atoms with Gasteiger partial charge in [-0.1, -0.05) is 17.7 Å². The Bertz CT molecular complexity index is 1370. The molecule has 0 amide bonds. The molecule has 0 spiro atoms. The Morgan fingerprint density at radius 1 is 1.11 bits per heavy atom. The summed E-state index contributed by atoms with van der Waals surface area (Å²) in [6, 6.07) is 8.56. The molecule has 4 aromatic rings. The Balaban J connectivity index is 1.30. The fourth-order valence-corrected chi connectivity index (χ4v) is 4.34. The maximum Gasteiger partial charge on any atom is 0.227 e. The summed E-state index contributed by atoms with van der Waals surface area (Å²) >= 11 is 6.37. The number of aromatic nitrogens is 6. The third kappa shape index (κ3) is 5.92. The molecule has 38 heavy (non-hydrogen) atoms. The largest absolute Gasteiger partial charge is 0.494 e. The van der Waals surface area contributed by atoms with Crippen LogP contribution in [0.1, 0.15) is 6.92 Å². The summed E-state index contributed by atoms with van der Waals surface area (Å²) in [5.74, 6) is 0.997. The van der Waals surface area contributed by atoms with Gasteiger partial charge in [-0.15, -0.1) is 5.10 Å². The third-order valence-electron chi connectivity index (χ3n) is 6.05. The van der Waals surface area contributed by atoms with Crippen molar-refractivity contribution in [1.82, 2.24) is 35.5 Å². The molecular formula is C25H27ClFN9O2. The summed E-state index contributed by atoms with van der Waals surface area (Å²) in [6.07, 6.45) is 4.65. The summed E-state index contributed by atoms with van der Waals surface area (Å²) in [5.41, 5.74) is 2.54. The van der Waals surface area contributed by atoms with Crippen LogP contribution in [0.5, 0.6) is 11.5 Å². The van der Waals surface area contributed by atoms with E-state index in [-0.39, 0.29) is 11.9 Å². The molecule has 2 aromatic carbocycles. The van der Waals surface area contributed by atoms with Gasteiger partial charge in [0.25, 0.3) is 0 Å². The number of halogens is 2. The van der Waals surface area contributed by atoms with Crippen molar-refractivity contribution in [1.29, 1.82) is 0 Å². The van der Waals surface area contributed by atoms with Gasteiger partial charge in [0.15, 0.2) is 0 Å². The second-order valence-electron chi connectivity index (χ2n) is 8.77. The fraction of sp³-hybridized carbons (Fsp3) is 0.320. The predicted octanol–water partition coefficient (Wildman–Crippen LogP) is 3.55. The van der Waals surface area contributed by atoms with E-state index in [9.17, 15) is 4.39 Å². The zero-order valence-electron chi connectivity index (χ0n) is 20.9. The molecule has 2 N–H and O–H groups in total. The first-order chi connectivity index (χ1) is 18.5. The Hall–Kier alpha value is -4.03. The monoisotopic (exact) mass is 539 g/mol. The van der Waals surface area contributed by atoms with Crippen LogP contribution in [0.3, 0.4) is 0 Å². The molecule has 1 aliphatic heterocycles. The van der Waals surface area contributed by atoms with E-state index in [2.05, 4.69) is 36.1 Å². The highest BCUT2D eigenvalue weighted by molar-refractivity contribution is 6.32. The number of methoxy groups -OCH3 is 1. The van der Waals surface area contributed by atoms with Crippen molar-refractivity contribution in [2.24, 2.45) is 0 Å². The van der Waals surface area contributed by atoms with Crippen LogP contribution in [0.15, 0.2) is 49.1 Å². The number of tetrazole rings is 1. The van der Waals surface area contributed by atoms with E-state index < -0.39 is 0 Å². The molecule has 198 valence electrons. The Kier molecular flexibility index (Phi) is 7.80. The third-order valence-corrected chi connectivity index (χ3v) is 6.37. The molecule has 1 saturated heterocycles. The first kappa shape index (κ1) is 25.6. The van der Waals surface area contributed by atoms with Crippen molar-refractivity contribution in [3.63, 3.8) is 0 Å². The molecule has 13 heteroatoms. The average molecular weight is 540 g/mol. The van der Waals surface area contributed by atoms with Crippen LogP contribution >= 0.6 is 11.6 Å². The summed E-state index contributed by atoms with van der Waals surface area (Å²) in [6.45, 7) is 5.45. The molecule has 0 bridgehead atoms. The van der Waals surface area contributed by atoms with Gasteiger partial charge in [-0.25, -0.2) is 19.0 Å². The molecule has 1 atom stereocenters. The SMILES string of the molecule is COc1cc(N2CCNCC2)c(F)cc1Nc1ncc(-c2ccc(Cl)c(O[C@@H](C)Cn3cnnn3)c2)cn1. The lowest BCUT2D eigenvalue weighted by Crippen LogP contribution is -2.43. The summed E-state index contributed by atoms with van der Waals surface area (Å²) in [4.78, 5) is 10.8. The molecule has 1 fully saturated rings. The van der Waals surface area contributed by atoms with Crippen LogP contribution in [0.4, 0.5) is 21.7 Å². The standard InChI is InChI=1S/C25H27ClFN9O2/c1-16(14-36-15-31-33-34-36)38-23-9-17(3-4-19(23)26)18-12-29-25(30-13-18)32-21-10-20(27)22(11-24(21)37-2)35-7-5-28-6-8-35/h3-4,9-13,15-16,28H,5-8,14H2,1-2H3,(H,29,30,32)/t16-/m0/s1. The van der Waals surface area contributed by atoms with Crippen molar-refractivity contribution in [3.8, 4) is 22.6 Å². The van der Waals surface area contributed by atoms with Crippen LogP contribution in [-0.2, 0) is 6.54 Å². The quantitative estimate of drug-likeness (QED) is 0.327. The molecule has 0 radical (unpaired) electrons. The number of anilines is 3. The number of benzene rings is 2. The number of nitrogens with zero attached hydrogens (tertiary/aromatic N) is 7. The van der Waals surface area contributed by atoms with Gasteiger partial charge < -0.3 is 25.0 Å². The van der Waals surface area contributed by atoms with Crippen LogP contribution in [0, 0.1) is 5.82 Å². The van der Waals surface area contributed by atoms with Crippen molar-refractivity contribution in [3.05, 3.63) is 59.9 Å². The number of piperazine rings is 1. The smallest absolute Gasteiger partial charge is 0.227 e. The number of nitrogens with one attached hydrogen (secondary N) is 2. The van der Waals surface area contributed by atoms with Gasteiger partial charge in [-0.3, -0.25) is 0 Å². The Morgan fingerprint density at radius 3 is 2.61 bits per heavy atom. The van der Waals surface area contributed by atoms with Gasteiger partial charge in [-0.05, 0) is 35.0 Å². The number of hydrogen-bond acceptors (Lipinski definition) is 10. The normalized spacial score (nSPS) is 14.3. The highest BCUT2D eigenvalue weighted by Crippen LogP contribution is 2.35. The van der Waals surface area contributed by atoms with Crippen molar-refractivity contribution < 1.29 is 13.9 Å². The van der Waals surface area contributed by atoms with Gasteiger partial charge in [-0.2, -0.15) is 0 Å². The molecule has 2 aromatic heterocycles. The molecule has 1 aliphatic rings. The van der Waals surface area contributed by atoms with Crippen molar-refractivity contribution >= 4 is 28.9 Å². The highest BCUT2D eigenvalue weighted by Gasteiger charge is 2.19. The van der Waals surface area contributed by atoms with Crippen LogP contribution in [0.2, 0.25) is 5.02 Å².